The van der Waals surface area contributed by atoms with Crippen LogP contribution in [0.15, 0.2) is 40.9 Å². The van der Waals surface area contributed by atoms with Crippen LogP contribution in [0, 0.1) is 0 Å². The highest BCUT2D eigenvalue weighted by Gasteiger charge is 2.17. The number of hydrogen-bond acceptors (Lipinski definition) is 5. The Balaban J connectivity index is 2.17. The van der Waals surface area contributed by atoms with Gasteiger partial charge in [0.15, 0.2) is 16.6 Å². The molecule has 0 aromatic heterocycles. The van der Waals surface area contributed by atoms with E-state index in [1.165, 1.54) is 21.3 Å². The number of para-hydroxylation sites is 1. The van der Waals surface area contributed by atoms with Crippen LogP contribution in [-0.4, -0.2) is 32.3 Å². The molecule has 0 heterocycles. The minimum Gasteiger partial charge on any atom is -0.493 e. The molecular weight excluding hydrogens is 408 g/mol. The fraction of sp³-hybridized carbons (Fsp3) is 0.176. The van der Waals surface area contributed by atoms with Gasteiger partial charge in [0.05, 0.1) is 27.0 Å². The summed E-state index contributed by atoms with van der Waals surface area (Å²) in [5.74, 6) is 0.785. The van der Waals surface area contributed by atoms with E-state index in [0.717, 1.165) is 10.2 Å². The maximum atomic E-state index is 12.5. The van der Waals surface area contributed by atoms with Crippen LogP contribution in [-0.2, 0) is 0 Å². The first-order chi connectivity index (χ1) is 12.0. The molecule has 2 rings (SSSR count). The van der Waals surface area contributed by atoms with Gasteiger partial charge in [-0.3, -0.25) is 10.1 Å². The molecule has 6 nitrogen and oxygen atoms in total. The molecule has 0 saturated carbocycles. The predicted molar refractivity (Wildman–Crippen MR) is 104 cm³/mol. The summed E-state index contributed by atoms with van der Waals surface area (Å²) in [5, 5.41) is 5.75. The van der Waals surface area contributed by atoms with Crippen molar-refractivity contribution in [3.63, 3.8) is 0 Å². The molecular formula is C17H17BrN2O4S. The van der Waals surface area contributed by atoms with E-state index in [1.807, 2.05) is 24.3 Å². The number of thiocarbonyl (C=S) groups is 1. The van der Waals surface area contributed by atoms with E-state index in [1.54, 1.807) is 12.1 Å². The van der Waals surface area contributed by atoms with Crippen molar-refractivity contribution in [2.45, 2.75) is 0 Å². The molecule has 0 aliphatic heterocycles. The summed E-state index contributed by atoms with van der Waals surface area (Å²) < 4.78 is 16.6. The Morgan fingerprint density at radius 2 is 1.64 bits per heavy atom. The summed E-state index contributed by atoms with van der Waals surface area (Å²) >= 11 is 8.60. The lowest BCUT2D eigenvalue weighted by molar-refractivity contribution is 0.0977. The van der Waals surface area contributed by atoms with Gasteiger partial charge in [-0.05, 0) is 52.4 Å². The number of anilines is 1. The Bertz CT molecular complexity index is 773. The summed E-state index contributed by atoms with van der Waals surface area (Å²) in [6.07, 6.45) is 0. The normalized spacial score (nSPS) is 9.92. The molecule has 2 aromatic rings. The molecule has 0 aliphatic carbocycles. The van der Waals surface area contributed by atoms with Gasteiger partial charge in [0.1, 0.15) is 0 Å². The zero-order valence-electron chi connectivity index (χ0n) is 13.9. The lowest BCUT2D eigenvalue weighted by Crippen LogP contribution is -2.34. The highest BCUT2D eigenvalue weighted by atomic mass is 79.9. The topological polar surface area (TPSA) is 68.8 Å². The van der Waals surface area contributed by atoms with Crippen LogP contribution in [0.25, 0.3) is 0 Å². The van der Waals surface area contributed by atoms with E-state index in [2.05, 4.69) is 26.6 Å². The van der Waals surface area contributed by atoms with Crippen molar-refractivity contribution in [2.24, 2.45) is 0 Å². The number of methoxy groups -OCH3 is 3. The van der Waals surface area contributed by atoms with Crippen molar-refractivity contribution in [3.05, 3.63) is 46.4 Å². The molecule has 0 unspecified atom stereocenters. The summed E-state index contributed by atoms with van der Waals surface area (Å²) in [6.45, 7) is 0. The Hall–Kier alpha value is -2.32. The summed E-state index contributed by atoms with van der Waals surface area (Å²) in [6, 6.07) is 10.5. The number of nitrogens with one attached hydrogen (secondary N) is 2. The smallest absolute Gasteiger partial charge is 0.257 e. The first-order valence-corrected chi connectivity index (χ1v) is 8.37. The van der Waals surface area contributed by atoms with E-state index in [9.17, 15) is 4.79 Å². The van der Waals surface area contributed by atoms with Crippen molar-refractivity contribution in [2.75, 3.05) is 26.6 Å². The van der Waals surface area contributed by atoms with E-state index in [4.69, 9.17) is 26.4 Å². The molecule has 2 aromatic carbocycles. The Morgan fingerprint density at radius 1 is 1.04 bits per heavy atom. The minimum absolute atomic E-state index is 0.172. The maximum Gasteiger partial charge on any atom is 0.257 e. The molecule has 0 atom stereocenters. The van der Waals surface area contributed by atoms with E-state index >= 15 is 0 Å². The standard InChI is InChI=1S/C17H17BrN2O4S/c1-22-13-8-10(9-14(23-2)15(13)24-3)16(21)20-17(25)19-12-7-5-4-6-11(12)18/h4-9H,1-3H3,(H2,19,20,21,25). The van der Waals surface area contributed by atoms with Crippen molar-refractivity contribution in [1.29, 1.82) is 0 Å². The second kappa shape index (κ2) is 8.68. The van der Waals surface area contributed by atoms with Gasteiger partial charge in [-0.25, -0.2) is 0 Å². The largest absolute Gasteiger partial charge is 0.493 e. The van der Waals surface area contributed by atoms with E-state index in [0.29, 0.717) is 22.8 Å². The zero-order valence-corrected chi connectivity index (χ0v) is 16.3. The maximum absolute atomic E-state index is 12.5. The van der Waals surface area contributed by atoms with Crippen LogP contribution in [0.1, 0.15) is 10.4 Å². The lowest BCUT2D eigenvalue weighted by Gasteiger charge is -2.15. The van der Waals surface area contributed by atoms with Crippen LogP contribution in [0.5, 0.6) is 17.2 Å². The number of hydrogen-bond donors (Lipinski definition) is 2. The van der Waals surface area contributed by atoms with E-state index in [-0.39, 0.29) is 5.11 Å². The second-order valence-corrected chi connectivity index (χ2v) is 6.06. The molecule has 0 aliphatic rings. The highest BCUT2D eigenvalue weighted by Crippen LogP contribution is 2.38. The molecule has 25 heavy (non-hydrogen) atoms. The van der Waals surface area contributed by atoms with E-state index < -0.39 is 5.91 Å². The molecule has 0 spiro atoms. The summed E-state index contributed by atoms with van der Waals surface area (Å²) in [7, 11) is 4.47. The minimum atomic E-state index is -0.399. The number of carbonyl (C=O) groups excluding carboxylic acids is 1. The summed E-state index contributed by atoms with van der Waals surface area (Å²) in [4.78, 5) is 12.5. The SMILES string of the molecule is COc1cc(C(=O)NC(=S)Nc2ccccc2Br)cc(OC)c1OC. The molecule has 8 heteroatoms. The van der Waals surface area contributed by atoms with Gasteiger partial charge in [0.2, 0.25) is 5.75 Å². The van der Waals surface area contributed by atoms with Crippen LogP contribution < -0.4 is 24.8 Å². The number of rotatable bonds is 5. The third kappa shape index (κ3) is 4.61. The lowest BCUT2D eigenvalue weighted by atomic mass is 10.1. The van der Waals surface area contributed by atoms with Crippen molar-refractivity contribution in [1.82, 2.24) is 5.32 Å². The van der Waals surface area contributed by atoms with Crippen LogP contribution >= 0.6 is 28.1 Å². The molecule has 0 radical (unpaired) electrons. The predicted octanol–water partition coefficient (Wildman–Crippen LogP) is 3.60. The number of carbonyl (C=O) groups is 1. The van der Waals surface area contributed by atoms with Crippen molar-refractivity contribution >= 4 is 44.9 Å². The van der Waals surface area contributed by atoms with Gasteiger partial charge >= 0.3 is 0 Å². The molecule has 132 valence electrons. The average molecular weight is 425 g/mol. The molecule has 2 N–H and O–H groups in total. The average Bonchev–Trinajstić information content (AvgIpc) is 2.62. The monoisotopic (exact) mass is 424 g/mol. The Morgan fingerprint density at radius 3 is 2.16 bits per heavy atom. The Labute approximate surface area is 159 Å². The first kappa shape index (κ1) is 19.0. The Kier molecular flexibility index (Phi) is 6.60. The fourth-order valence-corrected chi connectivity index (χ4v) is 2.69. The van der Waals surface area contributed by atoms with Gasteiger partial charge in [0, 0.05) is 10.0 Å². The van der Waals surface area contributed by atoms with Gasteiger partial charge in [-0.1, -0.05) is 12.1 Å². The third-order valence-electron chi connectivity index (χ3n) is 3.28. The van der Waals surface area contributed by atoms with Gasteiger partial charge in [-0.15, -0.1) is 0 Å². The number of benzene rings is 2. The quantitative estimate of drug-likeness (QED) is 0.714. The van der Waals surface area contributed by atoms with Crippen LogP contribution in [0.3, 0.4) is 0 Å². The van der Waals surface area contributed by atoms with Crippen LogP contribution in [0.4, 0.5) is 5.69 Å². The van der Waals surface area contributed by atoms with Crippen molar-refractivity contribution < 1.29 is 19.0 Å². The molecule has 1 amide bonds. The summed E-state index contributed by atoms with van der Waals surface area (Å²) in [5.41, 5.74) is 1.07. The highest BCUT2D eigenvalue weighted by molar-refractivity contribution is 9.10. The molecule has 0 saturated heterocycles. The number of ether oxygens (including phenoxy) is 3. The van der Waals surface area contributed by atoms with Crippen molar-refractivity contribution in [3.8, 4) is 17.2 Å². The first-order valence-electron chi connectivity index (χ1n) is 7.17. The second-order valence-electron chi connectivity index (χ2n) is 4.80. The number of amides is 1. The fourth-order valence-electron chi connectivity index (χ4n) is 2.10. The van der Waals surface area contributed by atoms with Gasteiger partial charge in [0.25, 0.3) is 5.91 Å². The van der Waals surface area contributed by atoms with Crippen LogP contribution in [0.2, 0.25) is 0 Å². The number of halogens is 1. The van der Waals surface area contributed by atoms with Gasteiger partial charge < -0.3 is 19.5 Å². The third-order valence-corrected chi connectivity index (χ3v) is 4.17. The molecule has 0 bridgehead atoms. The van der Waals surface area contributed by atoms with Gasteiger partial charge in [-0.2, -0.15) is 0 Å². The zero-order chi connectivity index (χ0) is 18.4. The molecule has 0 fully saturated rings.